The number of anilines is 1. The number of H-pyrrole nitrogens is 2. The number of methoxy groups -OCH3 is 1. The second kappa shape index (κ2) is 17.8. The van der Waals surface area contributed by atoms with Crippen molar-refractivity contribution in [3.63, 3.8) is 0 Å². The fraction of sp³-hybridized carbons (Fsp3) is 0.386. The molecule has 2 fully saturated rings. The zero-order chi connectivity index (χ0) is 40.8. The Morgan fingerprint density at radius 1 is 0.707 bits per heavy atom. The van der Waals surface area contributed by atoms with E-state index in [1.54, 1.807) is 29.6 Å². The van der Waals surface area contributed by atoms with E-state index in [4.69, 9.17) is 9.72 Å². The van der Waals surface area contributed by atoms with Gasteiger partial charge < -0.3 is 35.1 Å². The first-order chi connectivity index (χ1) is 28.1. The third-order valence-corrected chi connectivity index (χ3v) is 10.8. The number of nitrogens with one attached hydrogen (secondary N) is 4. The maximum atomic E-state index is 13.8. The van der Waals surface area contributed by atoms with Gasteiger partial charge in [0.1, 0.15) is 23.7 Å². The summed E-state index contributed by atoms with van der Waals surface area (Å²) in [6.45, 7) is 9.11. The number of likely N-dealkylation sites (tertiary alicyclic amines) is 2. The number of ether oxygens (including phenoxy) is 1. The Labute approximate surface area is 338 Å². The minimum absolute atomic E-state index is 0.0183. The highest BCUT2D eigenvalue weighted by molar-refractivity contribution is 5.86. The van der Waals surface area contributed by atoms with Crippen molar-refractivity contribution in [2.75, 3.05) is 25.5 Å². The highest BCUT2D eigenvalue weighted by atomic mass is 16.5. The molecule has 2 saturated heterocycles. The van der Waals surface area contributed by atoms with Crippen molar-refractivity contribution in [3.05, 3.63) is 102 Å². The Morgan fingerprint density at radius 2 is 1.17 bits per heavy atom. The number of aromatic amines is 2. The number of hydrogen-bond donors (Lipinski definition) is 4. The monoisotopic (exact) mass is 782 g/mol. The molecule has 14 nitrogen and oxygen atoms in total. The molecule has 300 valence electrons. The summed E-state index contributed by atoms with van der Waals surface area (Å²) in [6.07, 6.45) is 9.69. The molecule has 0 unspecified atom stereocenters. The molecule has 58 heavy (non-hydrogen) atoms. The summed E-state index contributed by atoms with van der Waals surface area (Å²) in [7, 11) is 1.29. The van der Waals surface area contributed by atoms with Crippen molar-refractivity contribution in [1.82, 2.24) is 45.0 Å². The molecule has 0 saturated carbocycles. The lowest BCUT2D eigenvalue weighted by Gasteiger charge is -2.30. The molecule has 4 N–H and O–H groups in total. The molecule has 2 aliphatic rings. The Morgan fingerprint density at radius 3 is 1.62 bits per heavy atom. The van der Waals surface area contributed by atoms with Crippen LogP contribution in [-0.2, 0) is 14.3 Å². The molecule has 0 radical (unpaired) electrons. The molecule has 0 bridgehead atoms. The Balaban J connectivity index is 0.969. The van der Waals surface area contributed by atoms with E-state index >= 15 is 0 Å². The molecule has 7 rings (SSSR count). The van der Waals surface area contributed by atoms with Crippen LogP contribution in [-0.4, -0.2) is 89.9 Å². The minimum atomic E-state index is -0.685. The lowest BCUT2D eigenvalue weighted by Crippen LogP contribution is -2.51. The van der Waals surface area contributed by atoms with Crippen LogP contribution in [0, 0.1) is 23.7 Å². The first-order valence-corrected chi connectivity index (χ1v) is 19.9. The summed E-state index contributed by atoms with van der Waals surface area (Å²) in [5, 5.41) is 5.93. The van der Waals surface area contributed by atoms with Gasteiger partial charge in [-0.1, -0.05) is 63.8 Å². The average molecular weight is 783 g/mol. The highest BCUT2D eigenvalue weighted by Crippen LogP contribution is 2.34. The molecule has 5 aromatic rings. The van der Waals surface area contributed by atoms with Crippen LogP contribution in [0.5, 0.6) is 0 Å². The quantitative estimate of drug-likeness (QED) is 0.109. The van der Waals surface area contributed by atoms with Crippen LogP contribution in [0.3, 0.4) is 0 Å². The largest absolute Gasteiger partial charge is 0.453 e. The first kappa shape index (κ1) is 39.7. The third kappa shape index (κ3) is 8.89. The van der Waals surface area contributed by atoms with Gasteiger partial charge >= 0.3 is 6.09 Å². The predicted molar refractivity (Wildman–Crippen MR) is 220 cm³/mol. The molecule has 0 aliphatic carbocycles. The standard InChI is InChI=1S/C44H50N10O4/c1-27(2)37(51-43-45-21-8-22-46-43)41(55)53-23-6-9-35(53)39-47-25-33(49-39)31-17-13-29(14-18-31)11-12-30-15-19-32(20-16-30)34-26-48-40(50-34)36-10-7-24-54(36)42(56)38(28(3)4)52-44(57)58-5/h8,13-22,25-28,35-38H,6-7,9-10,23-24H2,1-5H3,(H,47,49)(H,48,50)(H,52,57)(H,45,46,51)/t35-,36-,37-,38-/m0/s1. The minimum Gasteiger partial charge on any atom is -0.453 e. The van der Waals surface area contributed by atoms with Gasteiger partial charge in [0.15, 0.2) is 0 Å². The van der Waals surface area contributed by atoms with E-state index < -0.39 is 18.2 Å². The van der Waals surface area contributed by atoms with E-state index in [-0.39, 0.29) is 35.7 Å². The number of rotatable bonds is 11. The van der Waals surface area contributed by atoms with E-state index in [0.29, 0.717) is 19.0 Å². The molecular weight excluding hydrogens is 733 g/mol. The Kier molecular flexibility index (Phi) is 12.2. The van der Waals surface area contributed by atoms with Gasteiger partial charge in [0.2, 0.25) is 17.8 Å². The van der Waals surface area contributed by atoms with Gasteiger partial charge in [0, 0.05) is 36.6 Å². The normalized spacial score (nSPS) is 17.5. The van der Waals surface area contributed by atoms with Crippen molar-refractivity contribution < 1.29 is 19.1 Å². The van der Waals surface area contributed by atoms with Crippen LogP contribution in [0.15, 0.2) is 79.4 Å². The van der Waals surface area contributed by atoms with Gasteiger partial charge in [-0.2, -0.15) is 0 Å². The highest BCUT2D eigenvalue weighted by Gasteiger charge is 2.38. The molecule has 14 heteroatoms. The van der Waals surface area contributed by atoms with Gasteiger partial charge in [-0.05, 0) is 79.0 Å². The van der Waals surface area contributed by atoms with E-state index in [1.165, 1.54) is 7.11 Å². The number of amides is 3. The first-order valence-electron chi connectivity index (χ1n) is 19.9. The van der Waals surface area contributed by atoms with Crippen molar-refractivity contribution in [2.45, 2.75) is 77.5 Å². The van der Waals surface area contributed by atoms with Crippen LogP contribution in [0.1, 0.15) is 88.2 Å². The molecule has 5 heterocycles. The van der Waals surface area contributed by atoms with Crippen LogP contribution < -0.4 is 10.6 Å². The number of imidazole rings is 2. The summed E-state index contributed by atoms with van der Waals surface area (Å²) >= 11 is 0. The smallest absolute Gasteiger partial charge is 0.407 e. The summed E-state index contributed by atoms with van der Waals surface area (Å²) < 4.78 is 4.75. The number of nitrogens with zero attached hydrogens (tertiary/aromatic N) is 6. The summed E-state index contributed by atoms with van der Waals surface area (Å²) in [5.74, 6) is 8.28. The number of carbonyl (C=O) groups excluding carboxylic acids is 3. The zero-order valence-electron chi connectivity index (χ0n) is 33.5. The van der Waals surface area contributed by atoms with Crippen LogP contribution in [0.2, 0.25) is 0 Å². The SMILES string of the molecule is COC(=O)N[C@H](C(=O)N1CCC[C@H]1c1ncc(-c2ccc(C#Cc3ccc(-c4cnc([C@@H]5CCCN5C(=O)[C@@H](Nc5ncccn5)C(C)C)[nH]4)cc3)cc2)[nH]1)C(C)C. The van der Waals surface area contributed by atoms with Gasteiger partial charge in [-0.15, -0.1) is 0 Å². The van der Waals surface area contributed by atoms with E-state index in [9.17, 15) is 14.4 Å². The molecule has 4 atom stereocenters. The Bertz CT molecular complexity index is 2260. The van der Waals surface area contributed by atoms with Crippen molar-refractivity contribution in [2.24, 2.45) is 11.8 Å². The maximum Gasteiger partial charge on any atom is 0.407 e. The van der Waals surface area contributed by atoms with Gasteiger partial charge in [0.05, 0.1) is 43.0 Å². The maximum absolute atomic E-state index is 13.8. The van der Waals surface area contributed by atoms with Gasteiger partial charge in [0.25, 0.3) is 0 Å². The lowest BCUT2D eigenvalue weighted by atomic mass is 10.0. The summed E-state index contributed by atoms with van der Waals surface area (Å²) in [6, 6.07) is 16.3. The van der Waals surface area contributed by atoms with Crippen LogP contribution >= 0.6 is 0 Å². The van der Waals surface area contributed by atoms with Crippen molar-refractivity contribution in [1.29, 1.82) is 0 Å². The fourth-order valence-electron chi connectivity index (χ4n) is 7.63. The third-order valence-electron chi connectivity index (χ3n) is 10.8. The number of alkyl carbamates (subject to hydrolysis) is 1. The molecule has 3 aromatic heterocycles. The predicted octanol–water partition coefficient (Wildman–Crippen LogP) is 6.50. The van der Waals surface area contributed by atoms with E-state index in [1.807, 2.05) is 87.3 Å². The number of benzene rings is 2. The topological polar surface area (TPSA) is 174 Å². The van der Waals surface area contributed by atoms with E-state index in [2.05, 4.69) is 47.4 Å². The number of hydrogen-bond acceptors (Lipinski definition) is 9. The number of carbonyl (C=O) groups is 3. The summed E-state index contributed by atoms with van der Waals surface area (Å²) in [5.41, 5.74) is 5.42. The van der Waals surface area contributed by atoms with Gasteiger partial charge in [-0.25, -0.2) is 24.7 Å². The summed E-state index contributed by atoms with van der Waals surface area (Å²) in [4.78, 5) is 67.8. The van der Waals surface area contributed by atoms with Crippen LogP contribution in [0.4, 0.5) is 10.7 Å². The second-order valence-corrected chi connectivity index (χ2v) is 15.4. The fourth-order valence-corrected chi connectivity index (χ4v) is 7.63. The second-order valence-electron chi connectivity index (χ2n) is 15.4. The van der Waals surface area contributed by atoms with E-state index in [0.717, 1.165) is 71.0 Å². The van der Waals surface area contributed by atoms with Crippen molar-refractivity contribution in [3.8, 4) is 34.4 Å². The number of aromatic nitrogens is 6. The Hall–Kier alpha value is -6.49. The van der Waals surface area contributed by atoms with Crippen LogP contribution in [0.25, 0.3) is 22.5 Å². The van der Waals surface area contributed by atoms with Crippen molar-refractivity contribution >= 4 is 23.9 Å². The molecule has 2 aliphatic heterocycles. The molecule has 2 aromatic carbocycles. The van der Waals surface area contributed by atoms with Gasteiger partial charge in [-0.3, -0.25) is 9.59 Å². The zero-order valence-corrected chi connectivity index (χ0v) is 33.5. The molecule has 0 spiro atoms. The lowest BCUT2D eigenvalue weighted by molar-refractivity contribution is -0.135. The average Bonchev–Trinajstić information content (AvgIpc) is 4.08. The molecular formula is C44H50N10O4. The molecule has 3 amide bonds.